The molecule has 0 fully saturated rings. The lowest BCUT2D eigenvalue weighted by atomic mass is 9.72. The number of thiazole rings is 4. The van der Waals surface area contributed by atoms with E-state index < -0.39 is 0 Å². The summed E-state index contributed by atoms with van der Waals surface area (Å²) in [6, 6.07) is 141. The standard InChI is InChI=1S/C36H23NOS.2C30H21NOS.C28H31NOS.4C2H6/c1-38-27-16-12-22(13-17-27)28-20-21-31(34-35(28)39-36(37-34)26-6-3-2-4-7-26)29-18-14-25-11-10-23-8-5-9-24-15-19-30(29)33(25)32(23)24;1-32-23-16-14-21(15-17-23)25-18-19-27(26-13-7-11-20-8-5-6-12-24(20)26)28-29(25)33-30(31-28)22-9-3-2-4-10-22;1-32-25-15-13-21(14-16-25)27-18-17-26(24-12-11-20-7-5-6-10-23(20)19-24)28-29(27)33-30(31-28)22-8-3-2-4-9-22;1-27(2,3)21-17-22-25(31-26(29-22)19-11-9-8-10-12-19)23(24(21)28(4,5)6)18-13-15-20(30-7)16-14-18;4*1-2/h2-21H,1H3;2*2-19H,1H3;8-17H,1-7H3;4*1-2H3. The fourth-order valence-corrected chi connectivity index (χ4v) is 23.3. The van der Waals surface area contributed by atoms with Crippen LogP contribution in [-0.2, 0) is 10.8 Å². The van der Waals surface area contributed by atoms with Gasteiger partial charge < -0.3 is 18.9 Å². The summed E-state index contributed by atoms with van der Waals surface area (Å²) in [4.78, 5) is 20.7. The predicted molar refractivity (Wildman–Crippen MR) is 626 cm³/mol. The monoisotopic (exact) mass is 1950 g/mol. The van der Waals surface area contributed by atoms with Crippen LogP contribution in [0.2, 0.25) is 0 Å². The third-order valence-corrected chi connectivity index (χ3v) is 30.0. The Balaban J connectivity index is 0.000000129. The smallest absolute Gasteiger partial charge is 0.124 e. The van der Waals surface area contributed by atoms with E-state index in [4.69, 9.17) is 38.9 Å². The lowest BCUT2D eigenvalue weighted by molar-refractivity contribution is 0.415. The minimum absolute atomic E-state index is 0.00848. The third kappa shape index (κ3) is 20.9. The van der Waals surface area contributed by atoms with Crippen molar-refractivity contribution in [2.75, 3.05) is 28.4 Å². The zero-order valence-corrected chi connectivity index (χ0v) is 88.4. The summed E-state index contributed by atoms with van der Waals surface area (Å²) in [6.07, 6.45) is 0. The topological polar surface area (TPSA) is 88.5 Å². The highest BCUT2D eigenvalue weighted by molar-refractivity contribution is 7.23. The molecule has 4 heterocycles. The van der Waals surface area contributed by atoms with Gasteiger partial charge in [0.05, 0.1) is 69.3 Å². The molecule has 0 aliphatic heterocycles. The average molecular weight is 1950 g/mol. The summed E-state index contributed by atoms with van der Waals surface area (Å²) in [7, 11) is 6.81. The number of fused-ring (bicyclic) bond motifs is 6. The highest BCUT2D eigenvalue weighted by Crippen LogP contribution is 2.52. The molecule has 0 saturated heterocycles. The summed E-state index contributed by atoms with van der Waals surface area (Å²) in [5, 5.41) is 16.9. The van der Waals surface area contributed by atoms with Gasteiger partial charge in [-0.1, -0.05) is 437 Å². The van der Waals surface area contributed by atoms with E-state index in [1.807, 2.05) is 104 Å². The minimum Gasteiger partial charge on any atom is -0.497 e. The third-order valence-electron chi connectivity index (χ3n) is 25.5. The number of hydrogen-bond donors (Lipinski definition) is 0. The van der Waals surface area contributed by atoms with Crippen molar-refractivity contribution in [1.29, 1.82) is 0 Å². The van der Waals surface area contributed by atoms with Crippen LogP contribution in [-0.4, -0.2) is 48.4 Å². The molecule has 8 nitrogen and oxygen atoms in total. The van der Waals surface area contributed by atoms with Gasteiger partial charge in [0.25, 0.3) is 0 Å². The summed E-state index contributed by atoms with van der Waals surface area (Å²) >= 11 is 7.06. The first-order chi connectivity index (χ1) is 70.5. The first kappa shape index (κ1) is 100. The zero-order chi connectivity index (χ0) is 101. The van der Waals surface area contributed by atoms with E-state index in [9.17, 15) is 0 Å². The first-order valence-corrected chi connectivity index (χ1v) is 53.0. The highest BCUT2D eigenvalue weighted by Gasteiger charge is 2.32. The molecule has 0 spiro atoms. The second-order valence-electron chi connectivity index (χ2n) is 36.0. The van der Waals surface area contributed by atoms with Crippen molar-refractivity contribution in [2.45, 2.75) is 108 Å². The quantitative estimate of drug-likeness (QED) is 0.0938. The summed E-state index contributed by atoms with van der Waals surface area (Å²) in [5.74, 6) is 3.45. The van der Waals surface area contributed by atoms with E-state index in [0.29, 0.717) is 0 Å². The van der Waals surface area contributed by atoms with Crippen LogP contribution in [0.15, 0.2) is 400 Å². The number of aromatic nitrogens is 4. The van der Waals surface area contributed by atoms with Crippen LogP contribution in [0.4, 0.5) is 0 Å². The van der Waals surface area contributed by atoms with Gasteiger partial charge >= 0.3 is 0 Å². The maximum atomic E-state index is 5.42. The second kappa shape index (κ2) is 45.3. The van der Waals surface area contributed by atoms with Crippen molar-refractivity contribution in [3.05, 3.63) is 412 Å². The lowest BCUT2D eigenvalue weighted by Crippen LogP contribution is -2.23. The molecule has 4 aromatic heterocycles. The number of nitrogens with zero attached hydrogens (tertiary/aromatic N) is 4. The fourth-order valence-electron chi connectivity index (χ4n) is 18.8. The second-order valence-corrected chi connectivity index (χ2v) is 40.0. The van der Waals surface area contributed by atoms with Gasteiger partial charge in [0.2, 0.25) is 0 Å². The van der Waals surface area contributed by atoms with E-state index in [1.54, 1.807) is 73.8 Å². The molecular weight excluding hydrogens is 1830 g/mol. The Morgan fingerprint density at radius 2 is 0.521 bits per heavy atom. The van der Waals surface area contributed by atoms with Gasteiger partial charge in [-0.05, 0) is 175 Å². The molecule has 144 heavy (non-hydrogen) atoms. The Morgan fingerprint density at radius 3 is 0.951 bits per heavy atom. The maximum absolute atomic E-state index is 5.42. The van der Waals surface area contributed by atoms with Crippen molar-refractivity contribution in [2.24, 2.45) is 0 Å². The fraction of sp³-hybridized carbons (Fsp3) is 0.152. The van der Waals surface area contributed by atoms with Crippen molar-refractivity contribution in [1.82, 2.24) is 19.9 Å². The highest BCUT2D eigenvalue weighted by atomic mass is 32.1. The number of hydrogen-bond acceptors (Lipinski definition) is 12. The van der Waals surface area contributed by atoms with Crippen LogP contribution in [0.3, 0.4) is 0 Å². The Morgan fingerprint density at radius 1 is 0.208 bits per heavy atom. The Bertz CT molecular complexity index is 8470. The molecule has 12 heteroatoms. The molecule has 0 unspecified atom stereocenters. The first-order valence-electron chi connectivity index (χ1n) is 49.7. The Kier molecular flexibility index (Phi) is 31.6. The molecule has 0 atom stereocenters. The number of rotatable bonds is 15. The van der Waals surface area contributed by atoms with Crippen molar-refractivity contribution in [3.63, 3.8) is 0 Å². The van der Waals surface area contributed by atoms with Gasteiger partial charge in [0.15, 0.2) is 0 Å². The molecule has 24 rings (SSSR count). The molecule has 0 saturated carbocycles. The van der Waals surface area contributed by atoms with Gasteiger partial charge in [0.1, 0.15) is 43.0 Å². The molecule has 24 aromatic rings. The lowest BCUT2D eigenvalue weighted by Gasteiger charge is -2.33. The van der Waals surface area contributed by atoms with Crippen LogP contribution in [0.25, 0.3) is 215 Å². The van der Waals surface area contributed by atoms with Gasteiger partial charge in [-0.3, -0.25) is 0 Å². The molecule has 0 amide bonds. The summed E-state index contributed by atoms with van der Waals surface area (Å²) in [5.41, 5.74) is 28.2. The maximum Gasteiger partial charge on any atom is 0.124 e. The molecule has 0 radical (unpaired) electrons. The van der Waals surface area contributed by atoms with Crippen molar-refractivity contribution < 1.29 is 18.9 Å². The van der Waals surface area contributed by atoms with E-state index in [2.05, 4.69) is 393 Å². The Hall–Kier alpha value is -15.3. The molecule has 0 aliphatic rings. The summed E-state index contributed by atoms with van der Waals surface area (Å²) in [6.45, 7) is 29.8. The molecule has 0 N–H and O–H groups in total. The predicted octanol–water partition coefficient (Wildman–Crippen LogP) is 39.5. The van der Waals surface area contributed by atoms with Gasteiger partial charge in [-0.15, -0.1) is 45.3 Å². The molecule has 0 bridgehead atoms. The SMILES string of the molecule is CC.CC.CC.CC.COc1ccc(-c2c(C(C)(C)C)c(C(C)(C)C)cc3nc(-c4ccccc4)sc23)cc1.COc1ccc(-c2ccc(-c3ccc4ccc5cccc6ccc3c4c56)c3nc(-c4ccccc4)sc23)cc1.COc1ccc(-c2ccc(-c3ccc4ccccc4c3)c3nc(-c4ccccc4)sc23)cc1.COc1ccc(-c2ccc(-c3cccc4ccccc34)c3nc(-c4ccccc4)sc23)cc1. The van der Waals surface area contributed by atoms with Crippen molar-refractivity contribution >= 4 is 140 Å². The van der Waals surface area contributed by atoms with Crippen LogP contribution in [0.5, 0.6) is 23.0 Å². The van der Waals surface area contributed by atoms with Gasteiger partial charge in [-0.2, -0.15) is 0 Å². The van der Waals surface area contributed by atoms with E-state index in [1.165, 1.54) is 139 Å². The number of ether oxygens (including phenoxy) is 4. The number of methoxy groups -OCH3 is 4. The molecule has 716 valence electrons. The van der Waals surface area contributed by atoms with Crippen LogP contribution in [0, 0.1) is 0 Å². The van der Waals surface area contributed by atoms with Crippen LogP contribution in [0.1, 0.15) is 108 Å². The largest absolute Gasteiger partial charge is 0.497 e. The average Bonchev–Trinajstić information content (AvgIpc) is 1.36. The van der Waals surface area contributed by atoms with Gasteiger partial charge in [-0.25, -0.2) is 19.9 Å². The van der Waals surface area contributed by atoms with Crippen LogP contribution >= 0.6 is 45.3 Å². The minimum atomic E-state index is -0.0109. The normalized spacial score (nSPS) is 11.1. The van der Waals surface area contributed by atoms with E-state index in [0.717, 1.165) is 110 Å². The van der Waals surface area contributed by atoms with Crippen LogP contribution < -0.4 is 18.9 Å². The molecule has 20 aromatic carbocycles. The van der Waals surface area contributed by atoms with Gasteiger partial charge in [0, 0.05) is 61.2 Å². The molecule has 0 aliphatic carbocycles. The van der Waals surface area contributed by atoms with E-state index >= 15 is 0 Å². The summed E-state index contributed by atoms with van der Waals surface area (Å²) < 4.78 is 26.4. The van der Waals surface area contributed by atoms with E-state index in [-0.39, 0.29) is 10.8 Å². The number of benzene rings is 20. The zero-order valence-electron chi connectivity index (χ0n) is 85.2. The van der Waals surface area contributed by atoms with Crippen molar-refractivity contribution in [3.8, 4) is 143 Å². The Labute approximate surface area is 863 Å². The molecular formula is C132H120N4O4S4.